The van der Waals surface area contributed by atoms with E-state index in [1.807, 2.05) is 12.3 Å². The van der Waals surface area contributed by atoms with E-state index in [0.717, 1.165) is 10.7 Å². The Kier molecular flexibility index (Phi) is 2.06. The summed E-state index contributed by atoms with van der Waals surface area (Å²) in [6.07, 6.45) is 0.707. The average Bonchev–Trinajstić information content (AvgIpc) is 2.13. The highest BCUT2D eigenvalue weighted by atomic mass is 32.1. The van der Waals surface area contributed by atoms with Gasteiger partial charge in [-0.1, -0.05) is 6.58 Å². The zero-order chi connectivity index (χ0) is 7.56. The van der Waals surface area contributed by atoms with Crippen LogP contribution in [0.5, 0.6) is 0 Å². The van der Waals surface area contributed by atoms with E-state index >= 15 is 0 Å². The van der Waals surface area contributed by atoms with Crippen LogP contribution in [0.3, 0.4) is 0 Å². The van der Waals surface area contributed by atoms with E-state index in [9.17, 15) is 0 Å². The fourth-order valence-electron chi connectivity index (χ4n) is 0.678. The molecular formula is C7H10N2S. The molecule has 10 heavy (non-hydrogen) atoms. The first-order valence-electron chi connectivity index (χ1n) is 3.03. The molecule has 1 aromatic heterocycles. The SMILES string of the molecule is C=C(N)Cc1nc(C)cs1. The van der Waals surface area contributed by atoms with Crippen LogP contribution in [0.2, 0.25) is 0 Å². The topological polar surface area (TPSA) is 38.9 Å². The van der Waals surface area contributed by atoms with Gasteiger partial charge in [-0.3, -0.25) is 0 Å². The number of rotatable bonds is 2. The molecule has 0 radical (unpaired) electrons. The summed E-state index contributed by atoms with van der Waals surface area (Å²) in [5.41, 5.74) is 7.14. The van der Waals surface area contributed by atoms with Crippen LogP contribution >= 0.6 is 11.3 Å². The van der Waals surface area contributed by atoms with Crippen molar-refractivity contribution < 1.29 is 0 Å². The predicted molar refractivity (Wildman–Crippen MR) is 43.9 cm³/mol. The molecule has 0 aromatic carbocycles. The van der Waals surface area contributed by atoms with Crippen molar-refractivity contribution in [1.29, 1.82) is 0 Å². The fourth-order valence-corrected chi connectivity index (χ4v) is 1.50. The van der Waals surface area contributed by atoms with Gasteiger partial charge in [0.05, 0.1) is 5.01 Å². The van der Waals surface area contributed by atoms with Gasteiger partial charge >= 0.3 is 0 Å². The molecule has 0 fully saturated rings. The van der Waals surface area contributed by atoms with Crippen molar-refractivity contribution in [2.45, 2.75) is 13.3 Å². The molecular weight excluding hydrogens is 144 g/mol. The van der Waals surface area contributed by atoms with Gasteiger partial charge in [-0.15, -0.1) is 11.3 Å². The molecule has 0 atom stereocenters. The van der Waals surface area contributed by atoms with Crippen LogP contribution in [0, 0.1) is 6.92 Å². The van der Waals surface area contributed by atoms with Gasteiger partial charge in [0, 0.05) is 23.2 Å². The smallest absolute Gasteiger partial charge is 0.0986 e. The highest BCUT2D eigenvalue weighted by molar-refractivity contribution is 7.09. The van der Waals surface area contributed by atoms with Crippen LogP contribution in [0.1, 0.15) is 10.7 Å². The average molecular weight is 154 g/mol. The Balaban J connectivity index is 2.67. The molecule has 0 saturated carbocycles. The maximum atomic E-state index is 5.41. The summed E-state index contributed by atoms with van der Waals surface area (Å²) in [5.74, 6) is 0. The quantitative estimate of drug-likeness (QED) is 0.700. The van der Waals surface area contributed by atoms with Crippen molar-refractivity contribution in [1.82, 2.24) is 4.98 Å². The summed E-state index contributed by atoms with van der Waals surface area (Å²) in [6, 6.07) is 0. The van der Waals surface area contributed by atoms with Crippen LogP contribution < -0.4 is 5.73 Å². The lowest BCUT2D eigenvalue weighted by Gasteiger charge is -1.91. The highest BCUT2D eigenvalue weighted by Crippen LogP contribution is 2.10. The number of nitrogens with zero attached hydrogens (tertiary/aromatic N) is 1. The maximum absolute atomic E-state index is 5.41. The third kappa shape index (κ3) is 1.84. The van der Waals surface area contributed by atoms with E-state index < -0.39 is 0 Å². The van der Waals surface area contributed by atoms with Gasteiger partial charge in [-0.25, -0.2) is 4.98 Å². The number of allylic oxidation sites excluding steroid dienone is 1. The molecule has 3 heteroatoms. The van der Waals surface area contributed by atoms with E-state index in [1.54, 1.807) is 11.3 Å². The molecule has 1 rings (SSSR count). The first kappa shape index (κ1) is 7.28. The number of nitrogens with two attached hydrogens (primary N) is 1. The molecule has 54 valence electrons. The molecule has 0 bridgehead atoms. The second kappa shape index (κ2) is 2.84. The minimum Gasteiger partial charge on any atom is -0.402 e. The Morgan fingerprint density at radius 3 is 3.00 bits per heavy atom. The molecule has 0 spiro atoms. The molecule has 0 amide bonds. The van der Waals surface area contributed by atoms with Gasteiger partial charge in [-0.2, -0.15) is 0 Å². The summed E-state index contributed by atoms with van der Waals surface area (Å²) >= 11 is 1.63. The van der Waals surface area contributed by atoms with Crippen LogP contribution in [-0.2, 0) is 6.42 Å². The number of thiazole rings is 1. The first-order chi connectivity index (χ1) is 4.68. The van der Waals surface area contributed by atoms with Gasteiger partial charge in [-0.05, 0) is 6.92 Å². The van der Waals surface area contributed by atoms with Gasteiger partial charge in [0.25, 0.3) is 0 Å². The maximum Gasteiger partial charge on any atom is 0.0986 e. The lowest BCUT2D eigenvalue weighted by atomic mass is 10.4. The minimum atomic E-state index is 0.675. The molecule has 0 unspecified atom stereocenters. The largest absolute Gasteiger partial charge is 0.402 e. The van der Waals surface area contributed by atoms with Crippen molar-refractivity contribution in [3.05, 3.63) is 28.4 Å². The number of aryl methyl sites for hydroxylation is 1. The lowest BCUT2D eigenvalue weighted by molar-refractivity contribution is 1.06. The summed E-state index contributed by atoms with van der Waals surface area (Å²) < 4.78 is 0. The van der Waals surface area contributed by atoms with Crippen molar-refractivity contribution in [2.24, 2.45) is 5.73 Å². The lowest BCUT2D eigenvalue weighted by Crippen LogP contribution is -1.98. The standard InChI is InChI=1S/C7H10N2S/c1-5(8)3-7-9-6(2)4-10-7/h4H,1,3,8H2,2H3. The molecule has 1 aromatic rings. The second-order valence-corrected chi connectivity index (χ2v) is 3.16. The molecule has 0 saturated heterocycles. The zero-order valence-electron chi connectivity index (χ0n) is 5.92. The number of hydrogen-bond acceptors (Lipinski definition) is 3. The molecule has 2 nitrogen and oxygen atoms in total. The van der Waals surface area contributed by atoms with Gasteiger partial charge in [0.2, 0.25) is 0 Å². The molecule has 1 heterocycles. The molecule has 0 aliphatic carbocycles. The Morgan fingerprint density at radius 2 is 2.60 bits per heavy atom. The fraction of sp³-hybridized carbons (Fsp3) is 0.286. The van der Waals surface area contributed by atoms with E-state index in [2.05, 4.69) is 11.6 Å². The predicted octanol–water partition coefficient (Wildman–Crippen LogP) is 1.47. The Bertz CT molecular complexity index is 240. The van der Waals surface area contributed by atoms with Crippen molar-refractivity contribution >= 4 is 11.3 Å². The zero-order valence-corrected chi connectivity index (χ0v) is 6.74. The van der Waals surface area contributed by atoms with Crippen LogP contribution in [-0.4, -0.2) is 4.98 Å². The third-order valence-corrected chi connectivity index (χ3v) is 2.01. The molecule has 0 aliphatic heterocycles. The Hall–Kier alpha value is -0.830. The normalized spacial score (nSPS) is 9.70. The number of hydrogen-bond donors (Lipinski definition) is 1. The van der Waals surface area contributed by atoms with Crippen molar-refractivity contribution in [3.63, 3.8) is 0 Å². The first-order valence-corrected chi connectivity index (χ1v) is 3.90. The van der Waals surface area contributed by atoms with Crippen LogP contribution in [0.25, 0.3) is 0 Å². The van der Waals surface area contributed by atoms with Gasteiger partial charge in [0.1, 0.15) is 0 Å². The Morgan fingerprint density at radius 1 is 1.90 bits per heavy atom. The minimum absolute atomic E-state index is 0.675. The Labute approximate surface area is 64.4 Å². The van der Waals surface area contributed by atoms with E-state index in [1.165, 1.54) is 0 Å². The van der Waals surface area contributed by atoms with E-state index in [-0.39, 0.29) is 0 Å². The van der Waals surface area contributed by atoms with Crippen molar-refractivity contribution in [3.8, 4) is 0 Å². The third-order valence-electron chi connectivity index (χ3n) is 1.04. The van der Waals surface area contributed by atoms with Crippen LogP contribution in [0.15, 0.2) is 17.7 Å². The van der Waals surface area contributed by atoms with Gasteiger partial charge in [0.15, 0.2) is 0 Å². The van der Waals surface area contributed by atoms with Crippen molar-refractivity contribution in [2.75, 3.05) is 0 Å². The summed E-state index contributed by atoms with van der Waals surface area (Å²) in [5, 5.41) is 3.06. The monoisotopic (exact) mass is 154 g/mol. The summed E-state index contributed by atoms with van der Waals surface area (Å²) in [6.45, 7) is 5.58. The van der Waals surface area contributed by atoms with Gasteiger partial charge < -0.3 is 5.73 Å². The number of aromatic nitrogens is 1. The molecule has 2 N–H and O–H groups in total. The highest BCUT2D eigenvalue weighted by Gasteiger charge is 1.97. The molecule has 0 aliphatic rings. The second-order valence-electron chi connectivity index (χ2n) is 2.22. The van der Waals surface area contributed by atoms with E-state index in [0.29, 0.717) is 12.1 Å². The summed E-state index contributed by atoms with van der Waals surface area (Å²) in [7, 11) is 0. The summed E-state index contributed by atoms with van der Waals surface area (Å²) in [4.78, 5) is 4.23. The van der Waals surface area contributed by atoms with E-state index in [4.69, 9.17) is 5.73 Å². The van der Waals surface area contributed by atoms with Crippen LogP contribution in [0.4, 0.5) is 0 Å².